The first kappa shape index (κ1) is 19.2. The van der Waals surface area contributed by atoms with Crippen molar-refractivity contribution in [2.45, 2.75) is 18.6 Å². The summed E-state index contributed by atoms with van der Waals surface area (Å²) in [5.41, 5.74) is 1.13. The Hall–Kier alpha value is -4.48. The largest absolute Gasteiger partial charge is 0.497 e. The molecule has 0 radical (unpaired) electrons. The van der Waals surface area contributed by atoms with Gasteiger partial charge >= 0.3 is 0 Å². The summed E-state index contributed by atoms with van der Waals surface area (Å²) in [5, 5.41) is 13.4. The predicted molar refractivity (Wildman–Crippen MR) is 109 cm³/mol. The van der Waals surface area contributed by atoms with Gasteiger partial charge in [0.15, 0.2) is 23.6 Å². The first-order valence-electron chi connectivity index (χ1n) is 10.0. The Morgan fingerprint density at radius 3 is 2.70 bits per heavy atom. The minimum Gasteiger partial charge on any atom is -0.497 e. The Balaban J connectivity index is 1.21. The summed E-state index contributed by atoms with van der Waals surface area (Å²) in [6.45, 7) is 0.191. The Bertz CT molecular complexity index is 1290. The second kappa shape index (κ2) is 7.29. The van der Waals surface area contributed by atoms with Crippen LogP contribution in [0.1, 0.15) is 5.89 Å². The van der Waals surface area contributed by atoms with Gasteiger partial charge in [0.05, 0.1) is 12.8 Å². The molecule has 12 heteroatoms. The monoisotopic (exact) mass is 448 g/mol. The number of aromatic nitrogens is 2. The number of methoxy groups -OCH3 is 1. The van der Waals surface area contributed by atoms with Gasteiger partial charge in [0.1, 0.15) is 12.3 Å². The van der Waals surface area contributed by atoms with Gasteiger partial charge in [-0.2, -0.15) is 10.1 Å². The highest BCUT2D eigenvalue weighted by Gasteiger charge is 2.55. The summed E-state index contributed by atoms with van der Waals surface area (Å²) in [7, 11) is 1.54. The molecule has 2 aromatic carbocycles. The fourth-order valence-electron chi connectivity index (χ4n) is 3.95. The molecular formula is C21H16N6O6. The maximum atomic E-state index is 13.1. The van der Waals surface area contributed by atoms with Crippen LogP contribution in [0.5, 0.6) is 17.2 Å². The lowest BCUT2D eigenvalue weighted by molar-refractivity contribution is -0.123. The quantitative estimate of drug-likeness (QED) is 0.537. The van der Waals surface area contributed by atoms with Crippen molar-refractivity contribution in [3.63, 3.8) is 0 Å². The third-order valence-corrected chi connectivity index (χ3v) is 5.58. The molecule has 0 unspecified atom stereocenters. The number of nitrogens with zero attached hydrogens (tertiary/aromatic N) is 6. The molecule has 33 heavy (non-hydrogen) atoms. The number of anilines is 1. The number of fused-ring (bicyclic) bond motifs is 2. The minimum absolute atomic E-state index is 0.0255. The number of benzene rings is 2. The smallest absolute Gasteiger partial charge is 0.263 e. The summed E-state index contributed by atoms with van der Waals surface area (Å²) >= 11 is 0. The molecule has 3 aliphatic heterocycles. The molecule has 3 aliphatic rings. The Morgan fingerprint density at radius 1 is 1.06 bits per heavy atom. The summed E-state index contributed by atoms with van der Waals surface area (Å²) in [6.07, 6.45) is 0. The first-order valence-corrected chi connectivity index (χ1v) is 10.0. The van der Waals surface area contributed by atoms with Crippen molar-refractivity contribution in [3.8, 4) is 28.6 Å². The van der Waals surface area contributed by atoms with Crippen LogP contribution < -0.4 is 19.1 Å². The Kier molecular flexibility index (Phi) is 4.25. The number of hydrogen-bond donors (Lipinski definition) is 0. The van der Waals surface area contributed by atoms with Crippen LogP contribution in [0.3, 0.4) is 0 Å². The molecule has 1 fully saturated rings. The zero-order valence-electron chi connectivity index (χ0n) is 17.2. The molecule has 0 N–H and O–H groups in total. The predicted octanol–water partition coefficient (Wildman–Crippen LogP) is 1.97. The molecule has 166 valence electrons. The third-order valence-electron chi connectivity index (χ3n) is 5.58. The second-order valence-corrected chi connectivity index (χ2v) is 7.48. The first-order chi connectivity index (χ1) is 16.1. The van der Waals surface area contributed by atoms with Crippen LogP contribution in [0.15, 0.2) is 57.3 Å². The van der Waals surface area contributed by atoms with E-state index in [4.69, 9.17) is 18.7 Å². The van der Waals surface area contributed by atoms with Crippen molar-refractivity contribution in [1.29, 1.82) is 0 Å². The van der Waals surface area contributed by atoms with E-state index in [1.807, 2.05) is 0 Å². The van der Waals surface area contributed by atoms with E-state index in [2.05, 4.69) is 20.5 Å². The maximum absolute atomic E-state index is 13.1. The van der Waals surface area contributed by atoms with Crippen molar-refractivity contribution in [2.75, 3.05) is 18.8 Å². The molecule has 1 saturated heterocycles. The van der Waals surface area contributed by atoms with E-state index in [9.17, 15) is 9.59 Å². The lowest BCUT2D eigenvalue weighted by Gasteiger charge is -2.19. The highest BCUT2D eigenvalue weighted by molar-refractivity contribution is 6.25. The average molecular weight is 448 g/mol. The van der Waals surface area contributed by atoms with Crippen LogP contribution in [-0.4, -0.2) is 53.0 Å². The molecule has 6 rings (SSSR count). The summed E-state index contributed by atoms with van der Waals surface area (Å²) < 4.78 is 21.2. The summed E-state index contributed by atoms with van der Waals surface area (Å²) in [6, 6.07) is 10.2. The van der Waals surface area contributed by atoms with Gasteiger partial charge in [-0.05, 0) is 42.5 Å². The van der Waals surface area contributed by atoms with Crippen LogP contribution in [0.25, 0.3) is 11.4 Å². The zero-order valence-corrected chi connectivity index (χ0v) is 17.2. The summed E-state index contributed by atoms with van der Waals surface area (Å²) in [5.74, 6) is 1.59. The Morgan fingerprint density at radius 2 is 1.88 bits per heavy atom. The van der Waals surface area contributed by atoms with E-state index in [1.165, 1.54) is 5.01 Å². The lowest BCUT2D eigenvalue weighted by atomic mass is 10.1. The van der Waals surface area contributed by atoms with Gasteiger partial charge in [0, 0.05) is 5.56 Å². The lowest BCUT2D eigenvalue weighted by Crippen LogP contribution is -2.39. The number of rotatable bonds is 5. The van der Waals surface area contributed by atoms with Gasteiger partial charge in [-0.3, -0.25) is 14.6 Å². The number of carbonyl (C=O) groups is 2. The van der Waals surface area contributed by atoms with E-state index in [-0.39, 0.29) is 19.2 Å². The highest BCUT2D eigenvalue weighted by Crippen LogP contribution is 2.36. The number of ether oxygens (including phenoxy) is 3. The van der Waals surface area contributed by atoms with E-state index in [0.717, 1.165) is 4.90 Å². The van der Waals surface area contributed by atoms with Gasteiger partial charge in [0.25, 0.3) is 11.8 Å². The van der Waals surface area contributed by atoms with E-state index in [0.29, 0.717) is 34.3 Å². The van der Waals surface area contributed by atoms with Gasteiger partial charge in [0.2, 0.25) is 18.5 Å². The molecule has 12 nitrogen and oxygen atoms in total. The molecule has 3 aromatic rings. The molecule has 0 aliphatic carbocycles. The van der Waals surface area contributed by atoms with Gasteiger partial charge < -0.3 is 18.7 Å². The minimum atomic E-state index is -0.921. The Labute approximate surface area is 186 Å². The van der Waals surface area contributed by atoms with Crippen molar-refractivity contribution in [1.82, 2.24) is 15.1 Å². The number of carbonyl (C=O) groups excluding carboxylic acids is 2. The molecule has 0 spiro atoms. The number of imide groups is 1. The molecule has 0 bridgehead atoms. The fourth-order valence-corrected chi connectivity index (χ4v) is 3.95. The van der Waals surface area contributed by atoms with Crippen molar-refractivity contribution in [2.24, 2.45) is 10.3 Å². The van der Waals surface area contributed by atoms with Crippen molar-refractivity contribution >= 4 is 17.5 Å². The fraction of sp³-hybridized carbons (Fsp3) is 0.238. The second-order valence-electron chi connectivity index (χ2n) is 7.48. The molecular weight excluding hydrogens is 432 g/mol. The van der Waals surface area contributed by atoms with Crippen LogP contribution in [0.2, 0.25) is 0 Å². The van der Waals surface area contributed by atoms with Gasteiger partial charge in [-0.1, -0.05) is 10.4 Å². The summed E-state index contributed by atoms with van der Waals surface area (Å²) in [4.78, 5) is 31.5. The average Bonchev–Trinajstić information content (AvgIpc) is 3.61. The number of hydrogen-bond acceptors (Lipinski definition) is 11. The van der Waals surface area contributed by atoms with Crippen molar-refractivity contribution in [3.05, 3.63) is 48.4 Å². The van der Waals surface area contributed by atoms with Crippen LogP contribution in [-0.2, 0) is 16.1 Å². The van der Waals surface area contributed by atoms with E-state index < -0.39 is 23.9 Å². The van der Waals surface area contributed by atoms with Gasteiger partial charge in [-0.15, -0.1) is 0 Å². The molecule has 0 saturated carbocycles. The zero-order chi connectivity index (χ0) is 22.5. The van der Waals surface area contributed by atoms with Gasteiger partial charge in [-0.25, -0.2) is 4.90 Å². The third kappa shape index (κ3) is 3.06. The molecule has 2 amide bonds. The maximum Gasteiger partial charge on any atom is 0.263 e. The topological polar surface area (TPSA) is 132 Å². The SMILES string of the molecule is COc1ccc(N2C(=O)[C@@H]3[C@@H](N=NN3Cc3nc(-c4ccc5c(c4)OCO5)no3)C2=O)cc1. The van der Waals surface area contributed by atoms with E-state index >= 15 is 0 Å². The normalized spacial score (nSPS) is 20.6. The van der Waals surface area contributed by atoms with Crippen LogP contribution in [0, 0.1) is 0 Å². The van der Waals surface area contributed by atoms with Crippen molar-refractivity contribution < 1.29 is 28.3 Å². The van der Waals surface area contributed by atoms with Crippen LogP contribution >= 0.6 is 0 Å². The molecule has 1 aromatic heterocycles. The standard InChI is InChI=1S/C21H16N6O6/c1-30-13-5-3-12(4-6-13)27-20(28)17-18(21(27)29)26(25-23-17)9-16-22-19(24-33-16)11-2-7-14-15(8-11)32-10-31-14/h2-8,17-18H,9-10H2,1H3/t17-,18+/m1/s1. The molecule has 2 atom stereocenters. The molecule has 4 heterocycles. The van der Waals surface area contributed by atoms with E-state index in [1.54, 1.807) is 49.6 Å². The number of amides is 2. The highest BCUT2D eigenvalue weighted by atomic mass is 16.7. The van der Waals surface area contributed by atoms with Crippen LogP contribution in [0.4, 0.5) is 5.69 Å².